The fourth-order valence-electron chi connectivity index (χ4n) is 9.00. The van der Waals surface area contributed by atoms with Crippen LogP contribution in [0.2, 0.25) is 0 Å². The molecule has 5 aromatic carbocycles. The largest absolute Gasteiger partial charge is 0.329 e. The number of fused-ring (bicyclic) bond motifs is 22. The molecule has 206 valence electrons. The molecule has 0 N–H and O–H groups in total. The van der Waals surface area contributed by atoms with Gasteiger partial charge in [0.2, 0.25) is 0 Å². The SMILES string of the molecule is C1=C2C(=CC1)N1c3cc4c(cc3-c3ccccc3C1c1ccccc12)N1C2=CCC=C2c2ccccc2C1c1ccccc1-4. The molecule has 0 bridgehead atoms. The van der Waals surface area contributed by atoms with Gasteiger partial charge >= 0.3 is 0 Å². The normalized spacial score (nSPS) is 20.5. The molecule has 0 saturated heterocycles. The van der Waals surface area contributed by atoms with Gasteiger partial charge in [-0.15, -0.1) is 0 Å². The van der Waals surface area contributed by atoms with Crippen LogP contribution in [0.25, 0.3) is 33.4 Å². The van der Waals surface area contributed by atoms with E-state index in [1.54, 1.807) is 0 Å². The molecule has 0 fully saturated rings. The average molecular weight is 561 g/mol. The summed E-state index contributed by atoms with van der Waals surface area (Å²) < 4.78 is 0. The quantitative estimate of drug-likeness (QED) is 0.186. The molecule has 44 heavy (non-hydrogen) atoms. The molecule has 0 amide bonds. The van der Waals surface area contributed by atoms with Crippen molar-refractivity contribution in [2.45, 2.75) is 24.9 Å². The number of benzene rings is 5. The average Bonchev–Trinajstić information content (AvgIpc) is 3.78. The van der Waals surface area contributed by atoms with Crippen LogP contribution in [-0.2, 0) is 0 Å². The highest BCUT2D eigenvalue weighted by Gasteiger charge is 2.45. The van der Waals surface area contributed by atoms with E-state index in [2.05, 4.69) is 143 Å². The van der Waals surface area contributed by atoms with Gasteiger partial charge < -0.3 is 9.80 Å². The third-order valence-corrected chi connectivity index (χ3v) is 10.7. The molecule has 0 aromatic heterocycles. The Morgan fingerprint density at radius 1 is 0.386 bits per heavy atom. The van der Waals surface area contributed by atoms with Gasteiger partial charge in [-0.05, 0) is 69.5 Å². The Morgan fingerprint density at radius 2 is 0.750 bits per heavy atom. The fourth-order valence-corrected chi connectivity index (χ4v) is 9.00. The number of nitrogens with zero attached hydrogens (tertiary/aromatic N) is 2. The predicted molar refractivity (Wildman–Crippen MR) is 180 cm³/mol. The maximum Gasteiger partial charge on any atom is 0.0857 e. The number of allylic oxidation sites excluding steroid dienone is 6. The number of rotatable bonds is 0. The van der Waals surface area contributed by atoms with Gasteiger partial charge in [-0.2, -0.15) is 0 Å². The van der Waals surface area contributed by atoms with Crippen LogP contribution < -0.4 is 9.80 Å². The summed E-state index contributed by atoms with van der Waals surface area (Å²) in [6, 6.07) is 41.7. The lowest BCUT2D eigenvalue weighted by atomic mass is 9.75. The lowest BCUT2D eigenvalue weighted by Gasteiger charge is -2.48. The molecule has 0 spiro atoms. The molecule has 4 aliphatic heterocycles. The van der Waals surface area contributed by atoms with Crippen LogP contribution in [0.5, 0.6) is 0 Å². The minimum atomic E-state index is 0.148. The first-order chi connectivity index (χ1) is 21.9. The van der Waals surface area contributed by atoms with Crippen molar-refractivity contribution in [3.05, 3.63) is 178 Å². The van der Waals surface area contributed by atoms with Crippen molar-refractivity contribution in [3.8, 4) is 22.3 Å². The Balaban J connectivity index is 1.24. The highest BCUT2D eigenvalue weighted by molar-refractivity contribution is 6.04. The smallest absolute Gasteiger partial charge is 0.0857 e. The second kappa shape index (κ2) is 8.18. The first kappa shape index (κ1) is 23.2. The summed E-state index contributed by atoms with van der Waals surface area (Å²) >= 11 is 0. The van der Waals surface area contributed by atoms with Gasteiger partial charge in [-0.3, -0.25) is 0 Å². The topological polar surface area (TPSA) is 6.48 Å². The zero-order valence-corrected chi connectivity index (χ0v) is 24.2. The van der Waals surface area contributed by atoms with E-state index >= 15 is 0 Å². The van der Waals surface area contributed by atoms with Crippen LogP contribution in [0.1, 0.15) is 58.3 Å². The number of hydrogen-bond acceptors (Lipinski definition) is 2. The van der Waals surface area contributed by atoms with E-state index in [0.717, 1.165) is 12.8 Å². The lowest BCUT2D eigenvalue weighted by Crippen LogP contribution is -2.38. The third-order valence-electron chi connectivity index (χ3n) is 10.7. The summed E-state index contributed by atoms with van der Waals surface area (Å²) in [5, 5.41) is 0. The van der Waals surface area contributed by atoms with Gasteiger partial charge in [0.25, 0.3) is 0 Å². The zero-order chi connectivity index (χ0) is 28.5. The molecule has 0 saturated carbocycles. The monoisotopic (exact) mass is 560 g/mol. The molecular weight excluding hydrogens is 532 g/mol. The van der Waals surface area contributed by atoms with Gasteiger partial charge in [0, 0.05) is 33.7 Å². The Hall–Kier alpha value is -5.34. The molecular formula is C42H28N2. The van der Waals surface area contributed by atoms with Gasteiger partial charge in [0.1, 0.15) is 0 Å². The van der Waals surface area contributed by atoms with Gasteiger partial charge in [-0.1, -0.05) is 121 Å². The maximum atomic E-state index is 2.65. The molecule has 4 heterocycles. The molecule has 2 nitrogen and oxygen atoms in total. The molecule has 2 unspecified atom stereocenters. The van der Waals surface area contributed by atoms with Crippen LogP contribution in [0, 0.1) is 0 Å². The lowest BCUT2D eigenvalue weighted by molar-refractivity contribution is 0.761. The highest BCUT2D eigenvalue weighted by Crippen LogP contribution is 2.61. The van der Waals surface area contributed by atoms with Crippen LogP contribution in [0.4, 0.5) is 11.4 Å². The first-order valence-corrected chi connectivity index (χ1v) is 15.8. The molecule has 6 aliphatic rings. The molecule has 5 aromatic rings. The zero-order valence-electron chi connectivity index (χ0n) is 24.2. The van der Waals surface area contributed by atoms with Gasteiger partial charge in [0.05, 0.1) is 23.5 Å². The summed E-state index contributed by atoms with van der Waals surface area (Å²) in [7, 11) is 0. The predicted octanol–water partition coefficient (Wildman–Crippen LogP) is 10.2. The van der Waals surface area contributed by atoms with Crippen molar-refractivity contribution >= 4 is 22.5 Å². The Labute approximate surface area is 257 Å². The van der Waals surface area contributed by atoms with Crippen molar-refractivity contribution in [1.82, 2.24) is 0 Å². The second-order valence-corrected chi connectivity index (χ2v) is 12.7. The highest BCUT2D eigenvalue weighted by atomic mass is 15.2. The summed E-state index contributed by atoms with van der Waals surface area (Å²) in [6.45, 7) is 0. The van der Waals surface area contributed by atoms with E-state index < -0.39 is 0 Å². The minimum Gasteiger partial charge on any atom is -0.329 e. The summed E-state index contributed by atoms with van der Waals surface area (Å²) in [5.41, 5.74) is 21.7. The minimum absolute atomic E-state index is 0.148. The van der Waals surface area contributed by atoms with E-state index in [0.29, 0.717) is 0 Å². The van der Waals surface area contributed by atoms with Crippen LogP contribution in [0.3, 0.4) is 0 Å². The standard InChI is InChI=1S/C42H28N2/c1-5-15-31-25(11-1)29-19-9-21-37(29)43-39-23-36-28-14-4-8-18-34(28)42-32-16-6-2-12-26(32)30-20-10-22-38(30)44(42)40(36)24-35(39)27-13-3-7-17-33(27)41(31)43/h1-8,11-24,41-42H,9-10H2. The number of anilines is 2. The van der Waals surface area contributed by atoms with E-state index in [1.807, 2.05) is 0 Å². The van der Waals surface area contributed by atoms with Crippen molar-refractivity contribution in [3.63, 3.8) is 0 Å². The van der Waals surface area contributed by atoms with E-state index in [1.165, 1.54) is 89.5 Å². The van der Waals surface area contributed by atoms with Gasteiger partial charge in [-0.25, -0.2) is 0 Å². The maximum absolute atomic E-state index is 2.65. The Bertz CT molecular complexity index is 2100. The molecule has 11 rings (SSSR count). The van der Waals surface area contributed by atoms with E-state index in [-0.39, 0.29) is 12.1 Å². The van der Waals surface area contributed by atoms with Gasteiger partial charge in [0.15, 0.2) is 0 Å². The second-order valence-electron chi connectivity index (χ2n) is 12.7. The van der Waals surface area contributed by atoms with Crippen molar-refractivity contribution < 1.29 is 0 Å². The first-order valence-electron chi connectivity index (χ1n) is 15.8. The van der Waals surface area contributed by atoms with Crippen LogP contribution in [-0.4, -0.2) is 0 Å². The van der Waals surface area contributed by atoms with E-state index in [9.17, 15) is 0 Å². The molecule has 2 aliphatic carbocycles. The van der Waals surface area contributed by atoms with E-state index in [4.69, 9.17) is 0 Å². The summed E-state index contributed by atoms with van der Waals surface area (Å²) in [6.07, 6.45) is 11.6. The molecule has 0 radical (unpaired) electrons. The molecule has 2 atom stereocenters. The van der Waals surface area contributed by atoms with Crippen LogP contribution >= 0.6 is 0 Å². The van der Waals surface area contributed by atoms with Crippen LogP contribution in [0.15, 0.2) is 145 Å². The summed E-state index contributed by atoms with van der Waals surface area (Å²) in [5.74, 6) is 0. The molecule has 2 heteroatoms. The summed E-state index contributed by atoms with van der Waals surface area (Å²) in [4.78, 5) is 5.30. The third kappa shape index (κ3) is 2.73. The van der Waals surface area contributed by atoms with Crippen molar-refractivity contribution in [2.75, 3.05) is 9.80 Å². The fraction of sp³-hybridized carbons (Fsp3) is 0.0952. The van der Waals surface area contributed by atoms with Crippen molar-refractivity contribution in [2.24, 2.45) is 0 Å². The Morgan fingerprint density at radius 3 is 1.18 bits per heavy atom. The number of hydrogen-bond donors (Lipinski definition) is 0. The Kier molecular flexibility index (Phi) is 4.31. The van der Waals surface area contributed by atoms with Crippen molar-refractivity contribution in [1.29, 1.82) is 0 Å².